The van der Waals surface area contributed by atoms with Gasteiger partial charge < -0.3 is 9.63 Å². The first-order chi connectivity index (χ1) is 11.9. The zero-order valence-corrected chi connectivity index (χ0v) is 16.8. The van der Waals surface area contributed by atoms with Crippen LogP contribution in [0.15, 0.2) is 41.4 Å². The van der Waals surface area contributed by atoms with Crippen LogP contribution in [0.25, 0.3) is 10.9 Å². The summed E-state index contributed by atoms with van der Waals surface area (Å²) in [5.41, 5.74) is 1.34. The normalized spacial score (nSPS) is 13.7. The van der Waals surface area contributed by atoms with Gasteiger partial charge in [-0.05, 0) is 26.0 Å². The highest BCUT2D eigenvalue weighted by atomic mass is 32.2. The molecule has 0 fully saturated rings. The number of hydrogen-bond donors (Lipinski definition) is 0. The van der Waals surface area contributed by atoms with Gasteiger partial charge in [-0.3, -0.25) is 4.79 Å². The smallest absolute Gasteiger partial charge is 0.316 e. The van der Waals surface area contributed by atoms with Crippen LogP contribution in [0.4, 0.5) is 0 Å². The van der Waals surface area contributed by atoms with Crippen molar-refractivity contribution in [1.82, 2.24) is 4.98 Å². The predicted octanol–water partition coefficient (Wildman–Crippen LogP) is 4.07. The molecule has 2 atom stereocenters. The van der Waals surface area contributed by atoms with Crippen LogP contribution in [0.3, 0.4) is 0 Å². The second kappa shape index (κ2) is 9.33. The molecule has 25 heavy (non-hydrogen) atoms. The highest BCUT2D eigenvalue weighted by Crippen LogP contribution is 2.32. The summed E-state index contributed by atoms with van der Waals surface area (Å²) >= 11 is 1.46. The zero-order chi connectivity index (χ0) is 18.4. The van der Waals surface area contributed by atoms with E-state index in [1.165, 1.54) is 11.8 Å². The van der Waals surface area contributed by atoms with Gasteiger partial charge in [0.05, 0.1) is 19.9 Å². The number of nitrogens with zero attached hydrogens (tertiary/aromatic N) is 1. The number of benzene rings is 1. The van der Waals surface area contributed by atoms with E-state index in [1.54, 1.807) is 13.8 Å². The summed E-state index contributed by atoms with van der Waals surface area (Å²) in [4.78, 5) is 29.4. The summed E-state index contributed by atoms with van der Waals surface area (Å²) in [6.45, 7) is 7.83. The molecule has 0 aliphatic rings. The molecule has 0 spiro atoms. The zero-order valence-electron chi connectivity index (χ0n) is 15.1. The number of para-hydroxylation sites is 1. The van der Waals surface area contributed by atoms with Gasteiger partial charge in [0.2, 0.25) is 0 Å². The van der Waals surface area contributed by atoms with Crippen molar-refractivity contribution >= 4 is 41.7 Å². The third kappa shape index (κ3) is 5.27. The van der Waals surface area contributed by atoms with E-state index < -0.39 is 13.7 Å². The molecule has 4 nitrogen and oxygen atoms in total. The minimum atomic E-state index is -1.64. The van der Waals surface area contributed by atoms with Gasteiger partial charge >= 0.3 is 5.97 Å². The lowest BCUT2D eigenvalue weighted by Crippen LogP contribution is -2.28. The molecule has 1 aromatic heterocycles. The maximum Gasteiger partial charge on any atom is 0.316 e. The Balaban J connectivity index is 2.16. The second-order valence-corrected chi connectivity index (χ2v) is 9.06. The first-order valence-corrected chi connectivity index (χ1v) is 10.8. The fourth-order valence-electron chi connectivity index (χ4n) is 2.72. The van der Waals surface area contributed by atoms with E-state index in [2.05, 4.69) is 4.98 Å². The Hall–Kier alpha value is -1.42. The third-order valence-corrected chi connectivity index (χ3v) is 7.32. The molecule has 1 aromatic carbocycles. The maximum absolute atomic E-state index is 12.8. The standard InChI is InChI=1S/C19H24NO3PS/c1-5-23-19(21)14(4)18(13(2)3)24(22)12-25-17-11-10-15-8-6-7-9-16(15)20-17/h6-11,13-14H,5,12H2,1-4H3. The Morgan fingerprint density at radius 2 is 1.96 bits per heavy atom. The van der Waals surface area contributed by atoms with Gasteiger partial charge in [-0.15, -0.1) is 0 Å². The monoisotopic (exact) mass is 377 g/mol. The van der Waals surface area contributed by atoms with Crippen molar-refractivity contribution in [3.63, 3.8) is 0 Å². The van der Waals surface area contributed by atoms with Crippen LogP contribution in [-0.2, 0) is 9.53 Å². The van der Waals surface area contributed by atoms with Gasteiger partial charge in [0, 0.05) is 11.3 Å². The van der Waals surface area contributed by atoms with Crippen LogP contribution >= 0.6 is 19.5 Å². The highest BCUT2D eigenvalue weighted by Gasteiger charge is 2.28. The summed E-state index contributed by atoms with van der Waals surface area (Å²) < 4.78 is 5.09. The SMILES string of the molecule is CCOC(=O)C(C)C(C(C)C)=[P+]([O-])CSc1ccc2ccccc2n1. The Morgan fingerprint density at radius 1 is 1.24 bits per heavy atom. The average molecular weight is 377 g/mol. The van der Waals surface area contributed by atoms with E-state index in [4.69, 9.17) is 4.74 Å². The summed E-state index contributed by atoms with van der Waals surface area (Å²) in [6, 6.07) is 11.9. The fourth-order valence-corrected chi connectivity index (χ4v) is 5.75. The number of pyridine rings is 1. The van der Waals surface area contributed by atoms with Gasteiger partial charge in [0.1, 0.15) is 16.2 Å². The van der Waals surface area contributed by atoms with Crippen molar-refractivity contribution in [3.05, 3.63) is 36.4 Å². The molecule has 0 bridgehead atoms. The lowest BCUT2D eigenvalue weighted by atomic mass is 9.99. The molecule has 2 aromatic rings. The summed E-state index contributed by atoms with van der Waals surface area (Å²) in [7, 11) is -1.64. The van der Waals surface area contributed by atoms with Crippen molar-refractivity contribution in [2.75, 3.05) is 12.1 Å². The number of aromatic nitrogens is 1. The highest BCUT2D eigenvalue weighted by molar-refractivity contribution is 8.04. The number of rotatable bonds is 7. The lowest BCUT2D eigenvalue weighted by Gasteiger charge is -2.16. The minimum Gasteiger partial charge on any atom is -0.630 e. The Labute approximate surface area is 154 Å². The van der Waals surface area contributed by atoms with Gasteiger partial charge in [0.25, 0.3) is 0 Å². The number of thioether (sulfide) groups is 1. The average Bonchev–Trinajstić information content (AvgIpc) is 2.59. The summed E-state index contributed by atoms with van der Waals surface area (Å²) in [5.74, 6) is -0.690. The topological polar surface area (TPSA) is 62.2 Å². The lowest BCUT2D eigenvalue weighted by molar-refractivity contribution is -0.153. The van der Waals surface area contributed by atoms with Crippen molar-refractivity contribution < 1.29 is 14.4 Å². The van der Waals surface area contributed by atoms with Crippen LogP contribution < -0.4 is 4.89 Å². The Kier molecular flexibility index (Phi) is 7.42. The fraction of sp³-hybridized carbons (Fsp3) is 0.421. The van der Waals surface area contributed by atoms with Crippen LogP contribution in [0, 0.1) is 11.8 Å². The van der Waals surface area contributed by atoms with Crippen molar-refractivity contribution in [1.29, 1.82) is 0 Å². The quantitative estimate of drug-likeness (QED) is 0.413. The van der Waals surface area contributed by atoms with Gasteiger partial charge in [-0.1, -0.05) is 49.9 Å². The number of fused-ring (bicyclic) bond motifs is 1. The van der Waals surface area contributed by atoms with Gasteiger partial charge in [0.15, 0.2) is 5.49 Å². The minimum absolute atomic E-state index is 0.0631. The molecule has 0 radical (unpaired) electrons. The molecular formula is C19H24NO3PS. The third-order valence-electron chi connectivity index (χ3n) is 3.87. The summed E-state index contributed by atoms with van der Waals surface area (Å²) in [5, 5.41) is 2.69. The molecule has 1 heterocycles. The first kappa shape index (κ1) is 19.9. The van der Waals surface area contributed by atoms with Crippen molar-refractivity contribution in [2.45, 2.75) is 32.7 Å². The van der Waals surface area contributed by atoms with E-state index in [0.717, 1.165) is 21.2 Å². The molecule has 0 N–H and O–H groups in total. The van der Waals surface area contributed by atoms with Crippen LogP contribution in [-0.4, -0.2) is 28.3 Å². The van der Waals surface area contributed by atoms with Crippen molar-refractivity contribution in [2.24, 2.45) is 11.8 Å². The molecule has 0 saturated heterocycles. The number of carbonyl (C=O) groups is 1. The van der Waals surface area contributed by atoms with Gasteiger partial charge in [-0.2, -0.15) is 0 Å². The molecule has 2 rings (SSSR count). The molecule has 0 amide bonds. The van der Waals surface area contributed by atoms with E-state index in [0.29, 0.717) is 12.1 Å². The Bertz CT molecular complexity index is 776. The molecular weight excluding hydrogens is 353 g/mol. The van der Waals surface area contributed by atoms with E-state index >= 15 is 0 Å². The molecule has 0 saturated carbocycles. The molecule has 6 heteroatoms. The van der Waals surface area contributed by atoms with Crippen LogP contribution in [0.5, 0.6) is 0 Å². The van der Waals surface area contributed by atoms with Crippen LogP contribution in [0.2, 0.25) is 0 Å². The largest absolute Gasteiger partial charge is 0.630 e. The maximum atomic E-state index is 12.8. The van der Waals surface area contributed by atoms with Gasteiger partial charge in [-0.25, -0.2) is 4.98 Å². The first-order valence-electron chi connectivity index (χ1n) is 8.40. The molecule has 134 valence electrons. The van der Waals surface area contributed by atoms with Crippen molar-refractivity contribution in [3.8, 4) is 0 Å². The number of esters is 1. The van der Waals surface area contributed by atoms with E-state index in [1.807, 2.05) is 50.2 Å². The van der Waals surface area contributed by atoms with Crippen LogP contribution in [0.1, 0.15) is 27.7 Å². The molecule has 2 unspecified atom stereocenters. The summed E-state index contributed by atoms with van der Waals surface area (Å²) in [6.07, 6.45) is 0. The molecule has 0 aliphatic carbocycles. The Morgan fingerprint density at radius 3 is 2.64 bits per heavy atom. The number of ether oxygens (including phenoxy) is 1. The predicted molar refractivity (Wildman–Crippen MR) is 105 cm³/mol. The van der Waals surface area contributed by atoms with E-state index in [-0.39, 0.29) is 11.9 Å². The van der Waals surface area contributed by atoms with E-state index in [9.17, 15) is 9.69 Å². The molecule has 0 aliphatic heterocycles. The number of carbonyl (C=O) groups excluding carboxylic acids is 1. The number of hydrogen-bond acceptors (Lipinski definition) is 5. The second-order valence-electron chi connectivity index (χ2n) is 6.05.